The molecule has 2 aromatic heterocycles. The maximum Gasteiger partial charge on any atom is 0.272 e. The Balaban J connectivity index is 1.62. The first-order valence-electron chi connectivity index (χ1n) is 10.4. The van der Waals surface area contributed by atoms with Crippen LogP contribution in [0.5, 0.6) is 11.5 Å². The second-order valence-corrected chi connectivity index (χ2v) is 7.68. The number of nitrogens with zero attached hydrogens (tertiary/aromatic N) is 2. The van der Waals surface area contributed by atoms with Crippen molar-refractivity contribution in [1.82, 2.24) is 20.2 Å². The minimum absolute atomic E-state index is 0.0691. The number of hydrogen-bond donors (Lipinski definition) is 2. The fourth-order valence-electron chi connectivity index (χ4n) is 3.95. The van der Waals surface area contributed by atoms with Gasteiger partial charge in [-0.2, -0.15) is 5.10 Å². The molecule has 0 fully saturated rings. The lowest BCUT2D eigenvalue weighted by atomic mass is 10.0. The second kappa shape index (κ2) is 8.43. The fourth-order valence-corrected chi connectivity index (χ4v) is 3.95. The molecule has 8 nitrogen and oxygen atoms in total. The van der Waals surface area contributed by atoms with Crippen LogP contribution in [0.15, 0.2) is 64.2 Å². The molecule has 0 aliphatic heterocycles. The van der Waals surface area contributed by atoms with Gasteiger partial charge in [-0.25, -0.2) is 14.5 Å². The number of aromatic nitrogens is 4. The van der Waals surface area contributed by atoms with E-state index in [9.17, 15) is 14.0 Å². The van der Waals surface area contributed by atoms with E-state index in [0.29, 0.717) is 39.9 Å². The Bertz CT molecular complexity index is 1680. The van der Waals surface area contributed by atoms with E-state index in [1.807, 2.05) is 12.1 Å². The summed E-state index contributed by atoms with van der Waals surface area (Å²) in [4.78, 5) is 32.0. The molecule has 0 saturated carbocycles. The van der Waals surface area contributed by atoms with Gasteiger partial charge in [-0.05, 0) is 29.8 Å². The van der Waals surface area contributed by atoms with Crippen molar-refractivity contribution in [2.24, 2.45) is 0 Å². The van der Waals surface area contributed by atoms with Crippen molar-refractivity contribution in [1.29, 1.82) is 0 Å². The quantitative estimate of drug-likeness (QED) is 0.417. The lowest BCUT2D eigenvalue weighted by Crippen LogP contribution is -2.12. The van der Waals surface area contributed by atoms with Gasteiger partial charge >= 0.3 is 0 Å². The summed E-state index contributed by atoms with van der Waals surface area (Å²) >= 11 is 0. The molecule has 0 aliphatic carbocycles. The highest BCUT2D eigenvalue weighted by Crippen LogP contribution is 2.30. The zero-order valence-electron chi connectivity index (χ0n) is 18.3. The summed E-state index contributed by atoms with van der Waals surface area (Å²) in [7, 11) is 2.94. The number of halogens is 1. The van der Waals surface area contributed by atoms with E-state index in [0.717, 1.165) is 5.56 Å². The normalized spacial score (nSPS) is 11.1. The Morgan fingerprint density at radius 1 is 0.912 bits per heavy atom. The first-order chi connectivity index (χ1) is 16.5. The third-order valence-corrected chi connectivity index (χ3v) is 5.64. The molecule has 0 bridgehead atoms. The zero-order valence-corrected chi connectivity index (χ0v) is 18.3. The van der Waals surface area contributed by atoms with Gasteiger partial charge in [-0.3, -0.25) is 9.59 Å². The lowest BCUT2D eigenvalue weighted by Gasteiger charge is -2.11. The van der Waals surface area contributed by atoms with Crippen molar-refractivity contribution in [2.45, 2.75) is 6.42 Å². The average Bonchev–Trinajstić information content (AvgIpc) is 2.86. The maximum absolute atomic E-state index is 14.9. The largest absolute Gasteiger partial charge is 0.497 e. The zero-order chi connectivity index (χ0) is 23.8. The van der Waals surface area contributed by atoms with E-state index in [-0.39, 0.29) is 22.3 Å². The van der Waals surface area contributed by atoms with Gasteiger partial charge in [0, 0.05) is 17.9 Å². The van der Waals surface area contributed by atoms with Gasteiger partial charge in [0.05, 0.1) is 36.2 Å². The van der Waals surface area contributed by atoms with E-state index in [1.165, 1.54) is 20.3 Å². The van der Waals surface area contributed by atoms with Crippen LogP contribution in [-0.2, 0) is 6.42 Å². The molecule has 0 aliphatic rings. The molecule has 5 rings (SSSR count). The van der Waals surface area contributed by atoms with Crippen LogP contribution >= 0.6 is 0 Å². The van der Waals surface area contributed by atoms with E-state index < -0.39 is 11.4 Å². The number of ether oxygens (including phenoxy) is 2. The second-order valence-electron chi connectivity index (χ2n) is 7.68. The number of methoxy groups -OCH3 is 2. The summed E-state index contributed by atoms with van der Waals surface area (Å²) in [5.41, 5.74) is 1.06. The molecule has 2 N–H and O–H groups in total. The van der Waals surface area contributed by atoms with Gasteiger partial charge in [0.1, 0.15) is 28.7 Å². The fraction of sp³-hybridized carbons (Fsp3) is 0.120. The van der Waals surface area contributed by atoms with Gasteiger partial charge in [0.2, 0.25) is 0 Å². The molecule has 9 heteroatoms. The highest BCUT2D eigenvalue weighted by Gasteiger charge is 2.16. The van der Waals surface area contributed by atoms with Gasteiger partial charge in [0.25, 0.3) is 11.1 Å². The third-order valence-electron chi connectivity index (χ3n) is 5.64. The average molecular weight is 458 g/mol. The topological polar surface area (TPSA) is 110 Å². The molecular weight excluding hydrogens is 439 g/mol. The maximum atomic E-state index is 14.9. The summed E-state index contributed by atoms with van der Waals surface area (Å²) in [5, 5.41) is 8.20. The summed E-state index contributed by atoms with van der Waals surface area (Å²) in [6.07, 6.45) is 0.336. The first-order valence-corrected chi connectivity index (χ1v) is 10.4. The van der Waals surface area contributed by atoms with E-state index >= 15 is 0 Å². The Morgan fingerprint density at radius 2 is 1.71 bits per heavy atom. The standard InChI is InChI=1S/C25H19FN4O4/c1-33-14-11-18-22(21(12-14)34-2)27-23(28-24(18)31)17-9-13(7-8-19(17)26)10-20-15-5-3-4-6-16(15)25(32)30-29-20/h3-9,11-12H,10H2,1-2H3,(H,30,32)(H,27,28,31). The molecule has 170 valence electrons. The Labute approximate surface area is 192 Å². The Kier molecular flexibility index (Phi) is 5.29. The number of benzene rings is 3. The predicted molar refractivity (Wildman–Crippen MR) is 126 cm³/mol. The summed E-state index contributed by atoms with van der Waals surface area (Å²) < 4.78 is 25.4. The molecule has 0 spiro atoms. The minimum atomic E-state index is -0.544. The first kappa shape index (κ1) is 21.3. The number of rotatable bonds is 5. The van der Waals surface area contributed by atoms with Crippen LogP contribution in [0.3, 0.4) is 0 Å². The van der Waals surface area contributed by atoms with Crippen molar-refractivity contribution >= 4 is 21.7 Å². The smallest absolute Gasteiger partial charge is 0.272 e. The van der Waals surface area contributed by atoms with E-state index in [1.54, 1.807) is 36.4 Å². The van der Waals surface area contributed by atoms with Crippen LogP contribution in [-0.4, -0.2) is 34.4 Å². The van der Waals surface area contributed by atoms with Crippen LogP contribution in [0.4, 0.5) is 4.39 Å². The number of hydrogen-bond acceptors (Lipinski definition) is 6. The van der Waals surface area contributed by atoms with Crippen LogP contribution < -0.4 is 20.6 Å². The van der Waals surface area contributed by atoms with Crippen molar-refractivity contribution in [3.05, 3.63) is 92.4 Å². The van der Waals surface area contributed by atoms with Gasteiger partial charge in [-0.1, -0.05) is 24.3 Å². The van der Waals surface area contributed by atoms with Crippen LogP contribution in [0.2, 0.25) is 0 Å². The molecule has 0 unspecified atom stereocenters. The Morgan fingerprint density at radius 3 is 2.47 bits per heavy atom. The number of aromatic amines is 2. The van der Waals surface area contributed by atoms with Crippen LogP contribution in [0, 0.1) is 5.82 Å². The minimum Gasteiger partial charge on any atom is -0.497 e. The molecule has 5 aromatic rings. The summed E-state index contributed by atoms with van der Waals surface area (Å²) in [5.74, 6) is 0.304. The molecule has 0 radical (unpaired) electrons. The summed E-state index contributed by atoms with van der Waals surface area (Å²) in [6.45, 7) is 0. The van der Waals surface area contributed by atoms with E-state index in [4.69, 9.17) is 9.47 Å². The molecule has 34 heavy (non-hydrogen) atoms. The van der Waals surface area contributed by atoms with Gasteiger partial charge < -0.3 is 14.5 Å². The SMILES string of the molecule is COc1cc(OC)c2nc(-c3cc(Cc4n[nH]c(=O)c5ccccc45)ccc3F)[nH]c(=O)c2c1. The Hall–Kier alpha value is -4.53. The third kappa shape index (κ3) is 3.66. The number of H-pyrrole nitrogens is 2. The highest BCUT2D eigenvalue weighted by atomic mass is 19.1. The molecule has 3 aromatic carbocycles. The molecule has 0 atom stereocenters. The van der Waals surface area contributed by atoms with E-state index in [2.05, 4.69) is 20.2 Å². The molecule has 2 heterocycles. The number of fused-ring (bicyclic) bond motifs is 2. The van der Waals surface area contributed by atoms with Crippen LogP contribution in [0.25, 0.3) is 33.1 Å². The van der Waals surface area contributed by atoms with Crippen molar-refractivity contribution in [3.8, 4) is 22.9 Å². The molecule has 0 saturated heterocycles. The van der Waals surface area contributed by atoms with Gasteiger partial charge in [0.15, 0.2) is 0 Å². The van der Waals surface area contributed by atoms with Crippen molar-refractivity contribution < 1.29 is 13.9 Å². The molecular formula is C25H19FN4O4. The van der Waals surface area contributed by atoms with Gasteiger partial charge in [-0.15, -0.1) is 0 Å². The van der Waals surface area contributed by atoms with Crippen LogP contribution in [0.1, 0.15) is 11.3 Å². The number of nitrogens with one attached hydrogen (secondary N) is 2. The van der Waals surface area contributed by atoms with Crippen molar-refractivity contribution in [3.63, 3.8) is 0 Å². The summed E-state index contributed by atoms with van der Waals surface area (Å²) in [6, 6.07) is 14.9. The highest BCUT2D eigenvalue weighted by molar-refractivity contribution is 5.87. The molecule has 0 amide bonds. The predicted octanol–water partition coefficient (Wildman–Crippen LogP) is 3.57. The lowest BCUT2D eigenvalue weighted by molar-refractivity contribution is 0.397. The monoisotopic (exact) mass is 458 g/mol. The van der Waals surface area contributed by atoms with Crippen molar-refractivity contribution in [2.75, 3.05) is 14.2 Å².